The second-order valence-electron chi connectivity index (χ2n) is 8.00. The quantitative estimate of drug-likeness (QED) is 0.281. The first-order valence-electron chi connectivity index (χ1n) is 11.3. The number of urea groups is 1. The van der Waals surface area contributed by atoms with E-state index in [0.717, 1.165) is 0 Å². The van der Waals surface area contributed by atoms with Crippen LogP contribution in [0, 0.1) is 0 Å². The Hall–Kier alpha value is -3.90. The van der Waals surface area contributed by atoms with Crippen LogP contribution in [-0.4, -0.2) is 57.5 Å². The van der Waals surface area contributed by atoms with Gasteiger partial charge in [-0.25, -0.2) is 17.9 Å². The van der Waals surface area contributed by atoms with Gasteiger partial charge in [-0.2, -0.15) is 0 Å². The van der Waals surface area contributed by atoms with Gasteiger partial charge in [-0.05, 0) is 43.7 Å². The molecule has 0 aliphatic carbocycles. The summed E-state index contributed by atoms with van der Waals surface area (Å²) < 4.78 is 34.3. The van der Waals surface area contributed by atoms with E-state index in [1.165, 1.54) is 35.8 Å². The molecule has 0 unspecified atom stereocenters. The number of benzene rings is 1. The van der Waals surface area contributed by atoms with Crippen LogP contribution in [0.4, 0.5) is 4.79 Å². The third-order valence-electron chi connectivity index (χ3n) is 5.12. The molecule has 2 heterocycles. The number of sulfonamides is 1. The number of hydrogen-bond donors (Lipinski definition) is 4. The summed E-state index contributed by atoms with van der Waals surface area (Å²) >= 11 is 0. The number of nitrogens with one attached hydrogen (secondary N) is 4. The predicted octanol–water partition coefficient (Wildman–Crippen LogP) is 1.09. The maximum Gasteiger partial charge on any atom is 0.314 e. The summed E-state index contributed by atoms with van der Waals surface area (Å²) in [4.78, 5) is 36.5. The number of nitrogens with zero attached hydrogens (tertiary/aromatic N) is 1. The Bertz CT molecular complexity index is 1370. The van der Waals surface area contributed by atoms with Crippen LogP contribution in [0.25, 0.3) is 5.52 Å². The molecule has 1 atom stereocenters. The van der Waals surface area contributed by atoms with Crippen LogP contribution in [-0.2, 0) is 10.0 Å². The third-order valence-corrected chi connectivity index (χ3v) is 6.72. The summed E-state index contributed by atoms with van der Waals surface area (Å²) in [5, 5.41) is 7.76. The van der Waals surface area contributed by atoms with Gasteiger partial charge >= 0.3 is 6.03 Å². The molecule has 0 spiro atoms. The Morgan fingerprint density at radius 2 is 1.81 bits per heavy atom. The van der Waals surface area contributed by atoms with E-state index in [4.69, 9.17) is 4.74 Å². The van der Waals surface area contributed by atoms with E-state index in [1.54, 1.807) is 43.3 Å². The molecule has 0 aliphatic rings. The van der Waals surface area contributed by atoms with Crippen molar-refractivity contribution < 1.29 is 22.7 Å². The number of rotatable bonds is 11. The van der Waals surface area contributed by atoms with E-state index >= 15 is 0 Å². The minimum Gasteiger partial charge on any atom is -0.492 e. The van der Waals surface area contributed by atoms with Crippen molar-refractivity contribution in [3.63, 3.8) is 0 Å². The zero-order chi connectivity index (χ0) is 26.1. The topological polar surface area (TPSA) is 147 Å². The van der Waals surface area contributed by atoms with Gasteiger partial charge in [0.15, 0.2) is 0 Å². The number of carbonyl (C=O) groups is 2. The van der Waals surface area contributed by atoms with Crippen LogP contribution >= 0.6 is 0 Å². The molecule has 0 saturated carbocycles. The second-order valence-corrected chi connectivity index (χ2v) is 9.71. The van der Waals surface area contributed by atoms with Crippen molar-refractivity contribution in [2.75, 3.05) is 26.7 Å². The van der Waals surface area contributed by atoms with Crippen LogP contribution < -0.4 is 31.0 Å². The van der Waals surface area contributed by atoms with Crippen LogP contribution in [0.1, 0.15) is 23.7 Å². The van der Waals surface area contributed by atoms with E-state index in [1.807, 2.05) is 0 Å². The molecule has 0 saturated heterocycles. The Morgan fingerprint density at radius 1 is 1.06 bits per heavy atom. The van der Waals surface area contributed by atoms with E-state index < -0.39 is 27.5 Å². The van der Waals surface area contributed by atoms with Crippen molar-refractivity contribution in [1.29, 1.82) is 0 Å². The highest BCUT2D eigenvalue weighted by Crippen LogP contribution is 2.13. The maximum absolute atomic E-state index is 12.6. The summed E-state index contributed by atoms with van der Waals surface area (Å²) in [5.41, 5.74) is 0.244. The van der Waals surface area contributed by atoms with Crippen molar-refractivity contribution in [2.24, 2.45) is 0 Å². The van der Waals surface area contributed by atoms with Gasteiger partial charge in [-0.15, -0.1) is 0 Å². The van der Waals surface area contributed by atoms with Crippen molar-refractivity contribution >= 4 is 27.5 Å². The molecule has 11 nitrogen and oxygen atoms in total. The second kappa shape index (κ2) is 12.2. The molecule has 12 heteroatoms. The minimum atomic E-state index is -3.71. The molecule has 3 amide bonds. The first-order valence-corrected chi connectivity index (χ1v) is 12.8. The van der Waals surface area contributed by atoms with E-state index in [9.17, 15) is 22.8 Å². The SMILES string of the molecule is CNC(=O)NCCCOc1ccc2cc(C(=O)NC[C@@H](C)NS(=O)(=O)c3ccccc3)cc(=O)n2c1. The normalized spacial score (nSPS) is 12.1. The number of fused-ring (bicyclic) bond motifs is 1. The molecule has 192 valence electrons. The lowest BCUT2D eigenvalue weighted by atomic mass is 10.2. The van der Waals surface area contributed by atoms with Crippen LogP contribution in [0.15, 0.2) is 70.5 Å². The fourth-order valence-electron chi connectivity index (χ4n) is 3.30. The molecule has 1 aromatic carbocycles. The van der Waals surface area contributed by atoms with Crippen molar-refractivity contribution in [1.82, 2.24) is 25.1 Å². The zero-order valence-corrected chi connectivity index (χ0v) is 20.8. The van der Waals surface area contributed by atoms with Crippen LogP contribution in [0.5, 0.6) is 5.75 Å². The molecule has 0 aliphatic heterocycles. The first-order chi connectivity index (χ1) is 17.2. The van der Waals surface area contributed by atoms with Crippen molar-refractivity contribution in [2.45, 2.75) is 24.3 Å². The van der Waals surface area contributed by atoms with Crippen LogP contribution in [0.2, 0.25) is 0 Å². The van der Waals surface area contributed by atoms with Gasteiger partial charge in [-0.3, -0.25) is 14.0 Å². The van der Waals surface area contributed by atoms with Crippen molar-refractivity contribution in [3.8, 4) is 5.75 Å². The van der Waals surface area contributed by atoms with Gasteiger partial charge in [0.05, 0.1) is 17.7 Å². The molecule has 36 heavy (non-hydrogen) atoms. The number of amides is 3. The average Bonchev–Trinajstić information content (AvgIpc) is 2.87. The zero-order valence-electron chi connectivity index (χ0n) is 20.0. The summed E-state index contributed by atoms with van der Waals surface area (Å²) in [6.45, 7) is 2.45. The fourth-order valence-corrected chi connectivity index (χ4v) is 4.56. The van der Waals surface area contributed by atoms with Gasteiger partial charge < -0.3 is 20.7 Å². The number of aromatic nitrogens is 1. The molecule has 0 fully saturated rings. The molecule has 0 radical (unpaired) electrons. The standard InChI is InChI=1S/C24H29N5O6S/c1-17(28-36(33,34)21-7-4-3-5-8-21)15-27-23(31)18-13-19-9-10-20(16-29(19)22(30)14-18)35-12-6-11-26-24(32)25-2/h3-5,7-10,13-14,16-17,28H,6,11-12,15H2,1-2H3,(H,27,31)(H2,25,26,32)/t17-/m1/s1. The number of carbonyl (C=O) groups excluding carboxylic acids is 2. The van der Waals surface area contributed by atoms with E-state index in [-0.39, 0.29) is 23.0 Å². The summed E-state index contributed by atoms with van der Waals surface area (Å²) in [7, 11) is -2.18. The van der Waals surface area contributed by atoms with Gasteiger partial charge in [0, 0.05) is 43.3 Å². The Balaban J connectivity index is 1.57. The van der Waals surface area contributed by atoms with Gasteiger partial charge in [0.1, 0.15) is 5.75 Å². The molecule has 4 N–H and O–H groups in total. The minimum absolute atomic E-state index is 0.0335. The molecule has 0 bridgehead atoms. The van der Waals surface area contributed by atoms with Crippen molar-refractivity contribution in [3.05, 3.63) is 76.7 Å². The Kier molecular flexibility index (Phi) is 9.03. The highest BCUT2D eigenvalue weighted by atomic mass is 32.2. The predicted molar refractivity (Wildman–Crippen MR) is 135 cm³/mol. The van der Waals surface area contributed by atoms with Gasteiger partial charge in [0.25, 0.3) is 11.5 Å². The first kappa shape index (κ1) is 26.7. The lowest BCUT2D eigenvalue weighted by molar-refractivity contribution is 0.0951. The molecule has 3 aromatic rings. The smallest absolute Gasteiger partial charge is 0.314 e. The molecular formula is C24H29N5O6S. The van der Waals surface area contributed by atoms with Gasteiger partial charge in [-0.1, -0.05) is 18.2 Å². The Labute approximate surface area is 208 Å². The summed E-state index contributed by atoms with van der Waals surface area (Å²) in [6, 6.07) is 13.2. The number of pyridine rings is 2. The molecule has 3 rings (SSSR count). The van der Waals surface area contributed by atoms with E-state index in [0.29, 0.717) is 30.8 Å². The Morgan fingerprint density at radius 3 is 2.53 bits per heavy atom. The average molecular weight is 516 g/mol. The maximum atomic E-state index is 12.6. The largest absolute Gasteiger partial charge is 0.492 e. The number of hydrogen-bond acceptors (Lipinski definition) is 6. The summed E-state index contributed by atoms with van der Waals surface area (Å²) in [6.07, 6.45) is 2.12. The third kappa shape index (κ3) is 7.30. The number of ether oxygens (including phenoxy) is 1. The fraction of sp³-hybridized carbons (Fsp3) is 0.292. The molecular weight excluding hydrogens is 486 g/mol. The van der Waals surface area contributed by atoms with Crippen LogP contribution in [0.3, 0.4) is 0 Å². The van der Waals surface area contributed by atoms with E-state index in [2.05, 4.69) is 20.7 Å². The monoisotopic (exact) mass is 515 g/mol. The highest BCUT2D eigenvalue weighted by Gasteiger charge is 2.18. The summed E-state index contributed by atoms with van der Waals surface area (Å²) in [5.74, 6) is -0.0226. The highest BCUT2D eigenvalue weighted by molar-refractivity contribution is 7.89. The van der Waals surface area contributed by atoms with Gasteiger partial charge in [0.2, 0.25) is 10.0 Å². The lowest BCUT2D eigenvalue weighted by Gasteiger charge is -2.15. The lowest BCUT2D eigenvalue weighted by Crippen LogP contribution is -2.41. The molecule has 2 aromatic heterocycles.